The molecule has 6 rings (SSSR count). The predicted octanol–water partition coefficient (Wildman–Crippen LogP) is 4.58. The van der Waals surface area contributed by atoms with Crippen molar-refractivity contribution in [3.8, 4) is 17.0 Å². The molecule has 6 heteroatoms. The number of aromatic nitrogens is 3. The molecule has 0 spiro atoms. The number of aryl methyl sites for hydroxylation is 1. The molecule has 1 aliphatic heterocycles. The number of likely N-dealkylation sites (N-methyl/N-ethyl adjacent to an activating group) is 1. The molecule has 0 atom stereocenters. The van der Waals surface area contributed by atoms with Crippen molar-refractivity contribution in [3.05, 3.63) is 55.0 Å². The van der Waals surface area contributed by atoms with Gasteiger partial charge in [0.2, 0.25) is 5.88 Å². The van der Waals surface area contributed by atoms with E-state index in [4.69, 9.17) is 4.74 Å². The molecular weight excluding hydrogens is 422 g/mol. The topological polar surface area (TPSA) is 46.4 Å². The van der Waals surface area contributed by atoms with Gasteiger partial charge in [0.15, 0.2) is 0 Å². The zero-order valence-electron chi connectivity index (χ0n) is 20.2. The van der Waals surface area contributed by atoms with Crippen LogP contribution in [0.1, 0.15) is 19.8 Å². The highest BCUT2D eigenvalue weighted by molar-refractivity contribution is 6.08. The summed E-state index contributed by atoms with van der Waals surface area (Å²) < 4.78 is 8.41. The Morgan fingerprint density at radius 3 is 2.44 bits per heavy atom. The molecule has 34 heavy (non-hydrogen) atoms. The van der Waals surface area contributed by atoms with Crippen molar-refractivity contribution in [2.45, 2.75) is 25.9 Å². The molecule has 2 aliphatic rings. The number of pyridine rings is 2. The van der Waals surface area contributed by atoms with Gasteiger partial charge in [-0.1, -0.05) is 19.1 Å². The lowest BCUT2D eigenvalue weighted by atomic mass is 9.82. The van der Waals surface area contributed by atoms with Gasteiger partial charge in [-0.05, 0) is 49.1 Å². The molecule has 4 heterocycles. The van der Waals surface area contributed by atoms with E-state index in [9.17, 15) is 0 Å². The summed E-state index contributed by atoms with van der Waals surface area (Å²) >= 11 is 0. The van der Waals surface area contributed by atoms with Gasteiger partial charge >= 0.3 is 0 Å². The van der Waals surface area contributed by atoms with Crippen molar-refractivity contribution < 1.29 is 4.74 Å². The van der Waals surface area contributed by atoms with E-state index in [0.29, 0.717) is 6.10 Å². The highest BCUT2D eigenvalue weighted by Gasteiger charge is 2.33. The third-order valence-electron chi connectivity index (χ3n) is 7.79. The Labute approximate surface area is 201 Å². The number of fused-ring (bicyclic) bond motifs is 3. The summed E-state index contributed by atoms with van der Waals surface area (Å²) in [4.78, 5) is 14.1. The van der Waals surface area contributed by atoms with Crippen molar-refractivity contribution in [1.29, 1.82) is 0 Å². The standard InChI is InChI=1S/C28H33N5O/c1-3-32-10-12-33(13-11-32)19-20-14-23(15-20)34-28-7-5-22(17-30-28)21-4-6-24-25-18-29-9-8-26(25)31(2)27(24)16-21/h4-9,16-18,20,23H,3,10-15,19H2,1-2H3. The molecule has 4 aromatic rings. The lowest BCUT2D eigenvalue weighted by molar-refractivity contribution is 0.0283. The van der Waals surface area contributed by atoms with Crippen molar-refractivity contribution >= 4 is 21.8 Å². The van der Waals surface area contributed by atoms with Crippen LogP contribution >= 0.6 is 0 Å². The first-order valence-corrected chi connectivity index (χ1v) is 12.6. The van der Waals surface area contributed by atoms with Crippen LogP contribution in [0.15, 0.2) is 55.0 Å². The van der Waals surface area contributed by atoms with Gasteiger partial charge in [0.1, 0.15) is 6.10 Å². The van der Waals surface area contributed by atoms with Crippen LogP contribution in [0.4, 0.5) is 0 Å². The molecule has 3 aromatic heterocycles. The summed E-state index contributed by atoms with van der Waals surface area (Å²) in [6, 6.07) is 12.8. The number of rotatable bonds is 6. The highest BCUT2D eigenvalue weighted by Crippen LogP contribution is 2.33. The molecule has 1 saturated heterocycles. The van der Waals surface area contributed by atoms with Gasteiger partial charge in [0.05, 0.1) is 5.52 Å². The second-order valence-corrected chi connectivity index (χ2v) is 9.88. The van der Waals surface area contributed by atoms with E-state index in [1.54, 1.807) is 0 Å². The second kappa shape index (κ2) is 9.01. The maximum absolute atomic E-state index is 6.18. The Balaban J connectivity index is 1.07. The molecular formula is C28H33N5O. The fourth-order valence-electron chi connectivity index (χ4n) is 5.60. The van der Waals surface area contributed by atoms with Crippen molar-refractivity contribution in [2.24, 2.45) is 13.0 Å². The summed E-state index contributed by atoms with van der Waals surface area (Å²) in [6.45, 7) is 9.49. The van der Waals surface area contributed by atoms with Gasteiger partial charge in [-0.15, -0.1) is 0 Å². The number of hydrogen-bond acceptors (Lipinski definition) is 5. The van der Waals surface area contributed by atoms with Crippen molar-refractivity contribution in [1.82, 2.24) is 24.3 Å². The molecule has 1 aromatic carbocycles. The van der Waals surface area contributed by atoms with Gasteiger partial charge in [-0.3, -0.25) is 4.98 Å². The average Bonchev–Trinajstić information content (AvgIpc) is 3.15. The van der Waals surface area contributed by atoms with E-state index in [1.807, 2.05) is 24.7 Å². The smallest absolute Gasteiger partial charge is 0.213 e. The lowest BCUT2D eigenvalue weighted by Crippen LogP contribution is -2.49. The van der Waals surface area contributed by atoms with E-state index < -0.39 is 0 Å². The summed E-state index contributed by atoms with van der Waals surface area (Å²) in [6.07, 6.45) is 8.32. The largest absolute Gasteiger partial charge is 0.474 e. The molecule has 176 valence electrons. The maximum Gasteiger partial charge on any atom is 0.213 e. The number of nitrogens with zero attached hydrogens (tertiary/aromatic N) is 5. The average molecular weight is 456 g/mol. The van der Waals surface area contributed by atoms with Gasteiger partial charge in [-0.25, -0.2) is 4.98 Å². The maximum atomic E-state index is 6.18. The van der Waals surface area contributed by atoms with Crippen LogP contribution in [0.25, 0.3) is 32.9 Å². The lowest BCUT2D eigenvalue weighted by Gasteiger charge is -2.41. The quantitative estimate of drug-likeness (QED) is 0.426. The molecule has 1 saturated carbocycles. The highest BCUT2D eigenvalue weighted by atomic mass is 16.5. The SMILES string of the molecule is CCN1CCN(CC2CC(Oc3ccc(-c4ccc5c6cnccc6n(C)c5c4)cn3)C2)CC1. The van der Waals surface area contributed by atoms with Gasteiger partial charge < -0.3 is 19.1 Å². The monoisotopic (exact) mass is 455 g/mol. The zero-order valence-corrected chi connectivity index (χ0v) is 20.2. The van der Waals surface area contributed by atoms with Gasteiger partial charge in [0, 0.05) is 86.3 Å². The summed E-state index contributed by atoms with van der Waals surface area (Å²) in [5.74, 6) is 1.50. The molecule has 2 fully saturated rings. The molecule has 0 amide bonds. The summed E-state index contributed by atoms with van der Waals surface area (Å²) in [5, 5.41) is 2.42. The fraction of sp³-hybridized carbons (Fsp3) is 0.429. The van der Waals surface area contributed by atoms with Crippen molar-refractivity contribution in [3.63, 3.8) is 0 Å². The molecule has 0 unspecified atom stereocenters. The minimum Gasteiger partial charge on any atom is -0.474 e. The van der Waals surface area contributed by atoms with Crippen molar-refractivity contribution in [2.75, 3.05) is 39.3 Å². The Hall–Kier alpha value is -2.96. The van der Waals surface area contributed by atoms with Crippen LogP contribution in [-0.4, -0.2) is 69.7 Å². The first kappa shape index (κ1) is 21.6. The Morgan fingerprint density at radius 2 is 1.68 bits per heavy atom. The van der Waals surface area contributed by atoms with Crippen LogP contribution in [0.2, 0.25) is 0 Å². The third kappa shape index (κ3) is 4.05. The number of piperazine rings is 1. The molecule has 1 aliphatic carbocycles. The Bertz CT molecular complexity index is 1280. The Morgan fingerprint density at radius 1 is 0.882 bits per heavy atom. The predicted molar refractivity (Wildman–Crippen MR) is 137 cm³/mol. The van der Waals surface area contributed by atoms with E-state index >= 15 is 0 Å². The molecule has 0 radical (unpaired) electrons. The van der Waals surface area contributed by atoms with E-state index in [1.165, 1.54) is 61.1 Å². The first-order chi connectivity index (χ1) is 16.7. The Kier molecular flexibility index (Phi) is 5.71. The minimum absolute atomic E-state index is 0.307. The zero-order chi connectivity index (χ0) is 23.1. The number of hydrogen-bond donors (Lipinski definition) is 0. The molecule has 6 nitrogen and oxygen atoms in total. The number of ether oxygens (including phenoxy) is 1. The van der Waals surface area contributed by atoms with Crippen LogP contribution < -0.4 is 4.74 Å². The van der Waals surface area contributed by atoms with Crippen LogP contribution in [0.3, 0.4) is 0 Å². The number of benzene rings is 1. The first-order valence-electron chi connectivity index (χ1n) is 12.6. The normalized spacial score (nSPS) is 21.7. The summed E-state index contributed by atoms with van der Waals surface area (Å²) in [7, 11) is 2.11. The molecule has 0 N–H and O–H groups in total. The van der Waals surface area contributed by atoms with Gasteiger partial charge in [0.25, 0.3) is 0 Å². The summed E-state index contributed by atoms with van der Waals surface area (Å²) in [5.41, 5.74) is 4.68. The van der Waals surface area contributed by atoms with Crippen LogP contribution in [0.5, 0.6) is 5.88 Å². The molecule has 0 bridgehead atoms. The van der Waals surface area contributed by atoms with Crippen LogP contribution in [0, 0.1) is 5.92 Å². The van der Waals surface area contributed by atoms with E-state index in [2.05, 4.69) is 68.6 Å². The minimum atomic E-state index is 0.307. The van der Waals surface area contributed by atoms with E-state index in [0.717, 1.165) is 35.8 Å². The van der Waals surface area contributed by atoms with Crippen LogP contribution in [-0.2, 0) is 7.05 Å². The van der Waals surface area contributed by atoms with Gasteiger partial charge in [-0.2, -0.15) is 0 Å². The third-order valence-corrected chi connectivity index (χ3v) is 7.79. The second-order valence-electron chi connectivity index (χ2n) is 9.88. The van der Waals surface area contributed by atoms with E-state index in [-0.39, 0.29) is 0 Å². The fourth-order valence-corrected chi connectivity index (χ4v) is 5.60.